The maximum absolute atomic E-state index is 5.88. The van der Waals surface area contributed by atoms with E-state index in [1.54, 1.807) is 0 Å². The second-order valence-corrected chi connectivity index (χ2v) is 4.41. The van der Waals surface area contributed by atoms with Gasteiger partial charge in [0.25, 0.3) is 0 Å². The SMILES string of the molecule is CCN(CC)Cc1ccccc1CC(C)N. The van der Waals surface area contributed by atoms with Crippen LogP contribution in [0.4, 0.5) is 0 Å². The summed E-state index contributed by atoms with van der Waals surface area (Å²) in [6.45, 7) is 9.71. The lowest BCUT2D eigenvalue weighted by atomic mass is 10.0. The first-order valence-electron chi connectivity index (χ1n) is 6.22. The van der Waals surface area contributed by atoms with Gasteiger partial charge in [-0.1, -0.05) is 38.1 Å². The molecule has 0 aromatic heterocycles. The lowest BCUT2D eigenvalue weighted by molar-refractivity contribution is 0.295. The van der Waals surface area contributed by atoms with E-state index in [0.29, 0.717) is 0 Å². The summed E-state index contributed by atoms with van der Waals surface area (Å²) in [6.07, 6.45) is 0.970. The van der Waals surface area contributed by atoms with E-state index in [1.165, 1.54) is 11.1 Å². The maximum atomic E-state index is 5.88. The smallest absolute Gasteiger partial charge is 0.0236 e. The fourth-order valence-electron chi connectivity index (χ4n) is 1.95. The minimum Gasteiger partial charge on any atom is -0.328 e. The van der Waals surface area contributed by atoms with Crippen molar-refractivity contribution >= 4 is 0 Å². The fraction of sp³-hybridized carbons (Fsp3) is 0.571. The standard InChI is InChI=1S/C14H24N2/c1-4-16(5-2)11-14-9-7-6-8-13(14)10-12(3)15/h6-9,12H,4-5,10-11,15H2,1-3H3. The molecule has 0 saturated carbocycles. The molecule has 1 aromatic carbocycles. The van der Waals surface area contributed by atoms with Gasteiger partial charge in [-0.3, -0.25) is 4.90 Å². The normalized spacial score (nSPS) is 13.1. The first-order valence-corrected chi connectivity index (χ1v) is 6.22. The minimum atomic E-state index is 0.234. The minimum absolute atomic E-state index is 0.234. The Kier molecular flexibility index (Phi) is 5.50. The first-order chi connectivity index (χ1) is 7.67. The van der Waals surface area contributed by atoms with E-state index in [9.17, 15) is 0 Å². The predicted molar refractivity (Wildman–Crippen MR) is 70.4 cm³/mol. The van der Waals surface area contributed by atoms with E-state index in [0.717, 1.165) is 26.1 Å². The molecule has 1 aromatic rings. The van der Waals surface area contributed by atoms with Gasteiger partial charge >= 0.3 is 0 Å². The molecular weight excluding hydrogens is 196 g/mol. The molecule has 1 rings (SSSR count). The van der Waals surface area contributed by atoms with E-state index in [1.807, 2.05) is 0 Å². The summed E-state index contributed by atoms with van der Waals surface area (Å²) in [4.78, 5) is 2.43. The van der Waals surface area contributed by atoms with Crippen LogP contribution in [0.25, 0.3) is 0 Å². The van der Waals surface area contributed by atoms with Crippen LogP contribution in [0.5, 0.6) is 0 Å². The Morgan fingerprint density at radius 2 is 1.69 bits per heavy atom. The number of nitrogens with two attached hydrogens (primary N) is 1. The molecule has 0 fully saturated rings. The Bertz CT molecular complexity index is 303. The Labute approximate surface area is 99.5 Å². The first kappa shape index (κ1) is 13.2. The summed E-state index contributed by atoms with van der Waals surface area (Å²) < 4.78 is 0. The van der Waals surface area contributed by atoms with Gasteiger partial charge in [-0.25, -0.2) is 0 Å². The Morgan fingerprint density at radius 1 is 1.12 bits per heavy atom. The zero-order valence-corrected chi connectivity index (χ0v) is 10.7. The van der Waals surface area contributed by atoms with Crippen molar-refractivity contribution in [3.8, 4) is 0 Å². The van der Waals surface area contributed by atoms with Crippen molar-refractivity contribution in [2.24, 2.45) is 5.73 Å². The zero-order chi connectivity index (χ0) is 12.0. The van der Waals surface area contributed by atoms with Gasteiger partial charge < -0.3 is 5.73 Å². The quantitative estimate of drug-likeness (QED) is 0.797. The number of hydrogen-bond donors (Lipinski definition) is 1. The van der Waals surface area contributed by atoms with Crippen molar-refractivity contribution in [3.05, 3.63) is 35.4 Å². The van der Waals surface area contributed by atoms with Crippen molar-refractivity contribution < 1.29 is 0 Å². The highest BCUT2D eigenvalue weighted by Crippen LogP contribution is 2.13. The highest BCUT2D eigenvalue weighted by molar-refractivity contribution is 5.27. The molecule has 0 bridgehead atoms. The molecule has 1 unspecified atom stereocenters. The van der Waals surface area contributed by atoms with Gasteiger partial charge in [0.2, 0.25) is 0 Å². The molecule has 2 heteroatoms. The molecule has 0 spiro atoms. The molecule has 0 aliphatic rings. The van der Waals surface area contributed by atoms with Gasteiger partial charge in [-0.15, -0.1) is 0 Å². The number of nitrogens with zero attached hydrogens (tertiary/aromatic N) is 1. The molecular formula is C14H24N2. The molecule has 90 valence electrons. The number of rotatable bonds is 6. The Morgan fingerprint density at radius 3 is 2.19 bits per heavy atom. The molecule has 0 aliphatic carbocycles. The third-order valence-corrected chi connectivity index (χ3v) is 2.95. The summed E-state index contributed by atoms with van der Waals surface area (Å²) in [5, 5.41) is 0. The summed E-state index contributed by atoms with van der Waals surface area (Å²) in [6, 6.07) is 8.86. The second kappa shape index (κ2) is 6.66. The van der Waals surface area contributed by atoms with Crippen LogP contribution < -0.4 is 5.73 Å². The Hall–Kier alpha value is -0.860. The van der Waals surface area contributed by atoms with Crippen LogP contribution in [-0.4, -0.2) is 24.0 Å². The number of benzene rings is 1. The third kappa shape index (κ3) is 3.95. The van der Waals surface area contributed by atoms with Gasteiger partial charge in [0.15, 0.2) is 0 Å². The zero-order valence-electron chi connectivity index (χ0n) is 10.7. The van der Waals surface area contributed by atoms with Crippen LogP contribution in [0.3, 0.4) is 0 Å². The molecule has 0 amide bonds. The topological polar surface area (TPSA) is 29.3 Å². The fourth-order valence-corrected chi connectivity index (χ4v) is 1.95. The predicted octanol–water partition coefficient (Wildman–Crippen LogP) is 2.42. The number of hydrogen-bond acceptors (Lipinski definition) is 2. The van der Waals surface area contributed by atoms with Crippen LogP contribution in [0, 0.1) is 0 Å². The van der Waals surface area contributed by atoms with E-state index < -0.39 is 0 Å². The average Bonchev–Trinajstić information content (AvgIpc) is 2.27. The van der Waals surface area contributed by atoms with E-state index in [4.69, 9.17) is 5.73 Å². The van der Waals surface area contributed by atoms with Crippen LogP contribution in [-0.2, 0) is 13.0 Å². The van der Waals surface area contributed by atoms with Crippen LogP contribution in [0.1, 0.15) is 31.9 Å². The van der Waals surface area contributed by atoms with Gasteiger partial charge in [0.1, 0.15) is 0 Å². The lowest BCUT2D eigenvalue weighted by Crippen LogP contribution is -2.24. The van der Waals surface area contributed by atoms with Crippen LogP contribution in [0.15, 0.2) is 24.3 Å². The molecule has 2 N–H and O–H groups in total. The molecule has 16 heavy (non-hydrogen) atoms. The van der Waals surface area contributed by atoms with Gasteiger partial charge in [0, 0.05) is 12.6 Å². The molecule has 0 heterocycles. The summed E-state index contributed by atoms with van der Waals surface area (Å²) in [5.74, 6) is 0. The summed E-state index contributed by atoms with van der Waals surface area (Å²) >= 11 is 0. The average molecular weight is 220 g/mol. The second-order valence-electron chi connectivity index (χ2n) is 4.41. The lowest BCUT2D eigenvalue weighted by Gasteiger charge is -2.20. The maximum Gasteiger partial charge on any atom is 0.0236 e. The van der Waals surface area contributed by atoms with Crippen LogP contribution in [0.2, 0.25) is 0 Å². The van der Waals surface area contributed by atoms with Crippen molar-refractivity contribution in [1.29, 1.82) is 0 Å². The van der Waals surface area contributed by atoms with Gasteiger partial charge in [-0.05, 0) is 37.6 Å². The highest BCUT2D eigenvalue weighted by Gasteiger charge is 2.07. The monoisotopic (exact) mass is 220 g/mol. The molecule has 0 saturated heterocycles. The van der Waals surface area contributed by atoms with Crippen LogP contribution >= 0.6 is 0 Å². The Balaban J connectivity index is 2.77. The van der Waals surface area contributed by atoms with Crippen molar-refractivity contribution in [1.82, 2.24) is 4.90 Å². The summed E-state index contributed by atoms with van der Waals surface area (Å²) in [7, 11) is 0. The molecule has 0 radical (unpaired) electrons. The van der Waals surface area contributed by atoms with Gasteiger partial charge in [-0.2, -0.15) is 0 Å². The van der Waals surface area contributed by atoms with Crippen molar-refractivity contribution in [2.45, 2.75) is 39.8 Å². The molecule has 1 atom stereocenters. The third-order valence-electron chi connectivity index (χ3n) is 2.95. The van der Waals surface area contributed by atoms with Gasteiger partial charge in [0.05, 0.1) is 0 Å². The largest absolute Gasteiger partial charge is 0.328 e. The van der Waals surface area contributed by atoms with Crippen molar-refractivity contribution in [3.63, 3.8) is 0 Å². The van der Waals surface area contributed by atoms with E-state index in [-0.39, 0.29) is 6.04 Å². The van der Waals surface area contributed by atoms with Crippen molar-refractivity contribution in [2.75, 3.05) is 13.1 Å². The summed E-state index contributed by atoms with van der Waals surface area (Å²) in [5.41, 5.74) is 8.69. The van der Waals surface area contributed by atoms with E-state index >= 15 is 0 Å². The highest BCUT2D eigenvalue weighted by atomic mass is 15.1. The molecule has 2 nitrogen and oxygen atoms in total. The van der Waals surface area contributed by atoms with E-state index in [2.05, 4.69) is 49.9 Å². The molecule has 0 aliphatic heterocycles.